The van der Waals surface area contributed by atoms with Crippen LogP contribution in [0.2, 0.25) is 0 Å². The number of nitrogen functional groups attached to an aromatic ring is 1. The monoisotopic (exact) mass is 549 g/mol. The largest absolute Gasteiger partial charge is 0.497 e. The van der Waals surface area contributed by atoms with E-state index in [4.69, 9.17) is 35.3 Å². The summed E-state index contributed by atoms with van der Waals surface area (Å²) in [4.78, 5) is 32.9. The van der Waals surface area contributed by atoms with Crippen LogP contribution in [0.3, 0.4) is 0 Å². The number of aromatic nitrogens is 5. The second-order valence-corrected chi connectivity index (χ2v) is 8.45. The highest BCUT2D eigenvalue weighted by Gasteiger charge is 2.23. The number of amidine groups is 1. The van der Waals surface area contributed by atoms with Crippen LogP contribution < -0.4 is 20.9 Å². The molecule has 210 valence electrons. The molecule has 0 saturated heterocycles. The van der Waals surface area contributed by atoms with Crippen LogP contribution in [0.25, 0.3) is 5.95 Å². The predicted molar refractivity (Wildman–Crippen MR) is 146 cm³/mol. The van der Waals surface area contributed by atoms with Gasteiger partial charge in [-0.15, -0.1) is 9.78 Å². The normalized spacial score (nSPS) is 11.2. The van der Waals surface area contributed by atoms with Crippen LogP contribution >= 0.6 is 0 Å². The molecule has 0 fully saturated rings. The summed E-state index contributed by atoms with van der Waals surface area (Å²) in [7, 11) is 3.19. The van der Waals surface area contributed by atoms with Crippen LogP contribution in [-0.4, -0.2) is 69.1 Å². The van der Waals surface area contributed by atoms with Gasteiger partial charge in [0.15, 0.2) is 0 Å². The zero-order valence-corrected chi connectivity index (χ0v) is 22.3. The number of H-pyrrole nitrogens is 1. The molecule has 0 radical (unpaired) electrons. The first-order chi connectivity index (χ1) is 19.2. The van der Waals surface area contributed by atoms with Gasteiger partial charge in [0.25, 0.3) is 11.9 Å². The van der Waals surface area contributed by atoms with Gasteiger partial charge in [-0.05, 0) is 35.7 Å². The molecule has 4 rings (SSSR count). The number of carbonyl (C=O) groups is 1. The molecule has 2 heterocycles. The average Bonchev–Trinajstić information content (AvgIpc) is 3.33. The highest BCUT2D eigenvalue weighted by atomic mass is 16.5. The molecule has 0 amide bonds. The standard InChI is InChI=1S/C25H27N7O4.C2H4O2/c1-34-10-11-36-20-14-18(13-19(15-20)35-2)21(12-16-4-6-17(7-5-16)22(26)27)23-30-25(33)32(31-23)24-28-8-3-9-29-24;1-2(3)4/h3-9,13-15,21H,10-12H2,1-2H3,(H3,26,27)(H,30,31,33);1H3,(H,3,4). The topological polar surface area (TPSA) is 191 Å². The molecule has 40 heavy (non-hydrogen) atoms. The van der Waals surface area contributed by atoms with E-state index in [0.717, 1.165) is 22.7 Å². The van der Waals surface area contributed by atoms with Gasteiger partial charge < -0.3 is 25.1 Å². The van der Waals surface area contributed by atoms with Crippen molar-refractivity contribution in [1.82, 2.24) is 24.7 Å². The van der Waals surface area contributed by atoms with E-state index in [1.54, 1.807) is 50.9 Å². The zero-order valence-electron chi connectivity index (χ0n) is 22.3. The van der Waals surface area contributed by atoms with Gasteiger partial charge in [0.05, 0.1) is 13.7 Å². The lowest BCUT2D eigenvalue weighted by molar-refractivity contribution is -0.134. The second-order valence-electron chi connectivity index (χ2n) is 8.45. The Hall–Kier alpha value is -5.04. The molecule has 0 aliphatic heterocycles. The lowest BCUT2D eigenvalue weighted by atomic mass is 9.90. The Morgan fingerprint density at radius 1 is 1.10 bits per heavy atom. The molecule has 2 aromatic heterocycles. The Morgan fingerprint density at radius 2 is 1.75 bits per heavy atom. The number of benzene rings is 2. The van der Waals surface area contributed by atoms with Crippen molar-refractivity contribution in [2.75, 3.05) is 27.4 Å². The van der Waals surface area contributed by atoms with Crippen LogP contribution in [0, 0.1) is 5.41 Å². The Kier molecular flexibility index (Phi) is 10.5. The van der Waals surface area contributed by atoms with Crippen molar-refractivity contribution in [1.29, 1.82) is 5.41 Å². The van der Waals surface area contributed by atoms with Crippen molar-refractivity contribution in [2.24, 2.45) is 5.73 Å². The molecular formula is C27H31N7O6. The minimum Gasteiger partial charge on any atom is -0.497 e. The first kappa shape index (κ1) is 29.5. The Morgan fingerprint density at radius 3 is 2.35 bits per heavy atom. The van der Waals surface area contributed by atoms with Crippen molar-refractivity contribution >= 4 is 11.8 Å². The molecule has 0 saturated carbocycles. The number of aliphatic carboxylic acids is 1. The third-order valence-electron chi connectivity index (χ3n) is 5.51. The molecule has 1 unspecified atom stereocenters. The first-order valence-electron chi connectivity index (χ1n) is 12.1. The van der Waals surface area contributed by atoms with Gasteiger partial charge in [-0.1, -0.05) is 24.3 Å². The Bertz CT molecular complexity index is 1460. The molecular weight excluding hydrogens is 518 g/mol. The maximum absolute atomic E-state index is 12.8. The Labute approximate surface area is 230 Å². The first-order valence-corrected chi connectivity index (χ1v) is 12.1. The molecule has 0 spiro atoms. The number of methoxy groups -OCH3 is 2. The highest BCUT2D eigenvalue weighted by molar-refractivity contribution is 5.94. The fourth-order valence-electron chi connectivity index (χ4n) is 3.70. The van der Waals surface area contributed by atoms with E-state index >= 15 is 0 Å². The predicted octanol–water partition coefficient (Wildman–Crippen LogP) is 2.13. The van der Waals surface area contributed by atoms with Gasteiger partial charge in [0.2, 0.25) is 0 Å². The van der Waals surface area contributed by atoms with Gasteiger partial charge in [0.1, 0.15) is 29.8 Å². The number of nitrogens with zero attached hydrogens (tertiary/aromatic N) is 4. The second kappa shape index (κ2) is 14.2. The van der Waals surface area contributed by atoms with Gasteiger partial charge in [-0.25, -0.2) is 14.8 Å². The summed E-state index contributed by atoms with van der Waals surface area (Å²) >= 11 is 0. The van der Waals surface area contributed by atoms with Crippen LogP contribution in [0.4, 0.5) is 0 Å². The molecule has 5 N–H and O–H groups in total. The maximum atomic E-state index is 12.8. The summed E-state index contributed by atoms with van der Waals surface area (Å²) in [6, 6.07) is 14.6. The third kappa shape index (κ3) is 8.23. The van der Waals surface area contributed by atoms with Crippen molar-refractivity contribution in [2.45, 2.75) is 19.3 Å². The zero-order chi connectivity index (χ0) is 29.1. The van der Waals surface area contributed by atoms with Gasteiger partial charge in [-0.2, -0.15) is 0 Å². The van der Waals surface area contributed by atoms with Crippen molar-refractivity contribution in [3.8, 4) is 17.4 Å². The average molecular weight is 550 g/mol. The third-order valence-corrected chi connectivity index (χ3v) is 5.51. The van der Waals surface area contributed by atoms with E-state index in [1.807, 2.05) is 24.3 Å². The number of hydrogen-bond acceptors (Lipinski definition) is 9. The van der Waals surface area contributed by atoms with Crippen LogP contribution in [0.5, 0.6) is 11.5 Å². The molecule has 13 nitrogen and oxygen atoms in total. The van der Waals surface area contributed by atoms with Gasteiger partial charge in [-0.3, -0.25) is 15.2 Å². The van der Waals surface area contributed by atoms with E-state index in [9.17, 15) is 4.79 Å². The molecule has 0 aliphatic carbocycles. The van der Waals surface area contributed by atoms with Crippen molar-refractivity contribution in [3.63, 3.8) is 0 Å². The quantitative estimate of drug-likeness (QED) is 0.122. The summed E-state index contributed by atoms with van der Waals surface area (Å²) in [5, 5.41) is 19.6. The summed E-state index contributed by atoms with van der Waals surface area (Å²) in [6.07, 6.45) is 3.58. The minimum atomic E-state index is -0.833. The fourth-order valence-corrected chi connectivity index (χ4v) is 3.70. The number of aromatic amines is 1. The number of carboxylic acid groups (broad SMARTS) is 1. The van der Waals surface area contributed by atoms with E-state index in [1.165, 1.54) is 0 Å². The molecule has 13 heteroatoms. The van der Waals surface area contributed by atoms with E-state index in [0.29, 0.717) is 42.5 Å². The number of carboxylic acids is 1. The highest BCUT2D eigenvalue weighted by Crippen LogP contribution is 2.32. The number of hydrogen-bond donors (Lipinski definition) is 4. The molecule has 2 aromatic carbocycles. The summed E-state index contributed by atoms with van der Waals surface area (Å²) < 4.78 is 17.6. The number of nitrogens with two attached hydrogens (primary N) is 1. The molecule has 1 atom stereocenters. The summed E-state index contributed by atoms with van der Waals surface area (Å²) in [5.74, 6) is 0.597. The lowest BCUT2D eigenvalue weighted by Gasteiger charge is -2.18. The molecule has 4 aromatic rings. The number of rotatable bonds is 11. The summed E-state index contributed by atoms with van der Waals surface area (Å²) in [5.41, 5.74) is 7.57. The van der Waals surface area contributed by atoms with Crippen LogP contribution in [-0.2, 0) is 16.0 Å². The number of ether oxygens (including phenoxy) is 3. The number of nitrogens with one attached hydrogen (secondary N) is 2. The van der Waals surface area contributed by atoms with E-state index < -0.39 is 11.7 Å². The van der Waals surface area contributed by atoms with E-state index in [-0.39, 0.29) is 17.7 Å². The molecule has 0 bridgehead atoms. The smallest absolute Gasteiger partial charge is 0.350 e. The maximum Gasteiger partial charge on any atom is 0.350 e. The van der Waals surface area contributed by atoms with Crippen LogP contribution in [0.15, 0.2) is 65.7 Å². The van der Waals surface area contributed by atoms with Gasteiger partial charge in [0, 0.05) is 44.0 Å². The summed E-state index contributed by atoms with van der Waals surface area (Å²) in [6.45, 7) is 1.89. The lowest BCUT2D eigenvalue weighted by Crippen LogP contribution is -2.18. The van der Waals surface area contributed by atoms with Gasteiger partial charge >= 0.3 is 5.69 Å². The Balaban J connectivity index is 0.00000103. The van der Waals surface area contributed by atoms with Crippen molar-refractivity contribution in [3.05, 3.63) is 93.9 Å². The van der Waals surface area contributed by atoms with Crippen molar-refractivity contribution < 1.29 is 24.1 Å². The minimum absolute atomic E-state index is 0.00493. The molecule has 0 aliphatic rings. The van der Waals surface area contributed by atoms with E-state index in [2.05, 4.69) is 20.1 Å². The SMILES string of the molecule is CC(=O)O.COCCOc1cc(OC)cc(C(Cc2ccc(C(=N)N)cc2)c2nn(-c3ncccn3)c(=O)[nH]2)c1. The van der Waals surface area contributed by atoms with Crippen LogP contribution in [0.1, 0.15) is 35.4 Å². The fraction of sp³-hybridized carbons (Fsp3) is 0.259.